The van der Waals surface area contributed by atoms with Crippen molar-refractivity contribution in [1.29, 1.82) is 0 Å². The molecule has 25 heavy (non-hydrogen) atoms. The number of piperazine rings is 1. The Morgan fingerprint density at radius 1 is 1.20 bits per heavy atom. The number of ether oxygens (including phenoxy) is 1. The molecule has 1 aromatic carbocycles. The number of carbonyl (C=O) groups is 2. The summed E-state index contributed by atoms with van der Waals surface area (Å²) in [5.41, 5.74) is 0. The van der Waals surface area contributed by atoms with Crippen LogP contribution in [0, 0.1) is 5.82 Å². The van der Waals surface area contributed by atoms with Gasteiger partial charge in [0.2, 0.25) is 5.91 Å². The molecule has 0 bridgehead atoms. The largest absolute Gasteiger partial charge is 0.484 e. The molecule has 2 rings (SSSR count). The molecule has 1 aliphatic heterocycles. The Morgan fingerprint density at radius 3 is 2.44 bits per heavy atom. The van der Waals surface area contributed by atoms with Gasteiger partial charge in [-0.2, -0.15) is 0 Å². The summed E-state index contributed by atoms with van der Waals surface area (Å²) in [5.74, 6) is 0.0454. The lowest BCUT2D eigenvalue weighted by molar-refractivity contribution is -0.135. The standard InChI is InChI=1S/C18H26FN3O3/c1-3-14(2)20-17(23)12-21-8-10-22(11-9-21)18(24)13-25-16-6-4-15(19)5-7-16/h4-7,14H,3,8-13H2,1-2H3,(H,20,23). The number of halogens is 1. The highest BCUT2D eigenvalue weighted by Gasteiger charge is 2.22. The smallest absolute Gasteiger partial charge is 0.260 e. The number of rotatable bonds is 7. The molecule has 1 atom stereocenters. The minimum absolute atomic E-state index is 0.0220. The molecule has 0 saturated carbocycles. The van der Waals surface area contributed by atoms with Crippen molar-refractivity contribution in [2.75, 3.05) is 39.3 Å². The van der Waals surface area contributed by atoms with Crippen molar-refractivity contribution < 1.29 is 18.7 Å². The second-order valence-electron chi connectivity index (χ2n) is 6.28. The summed E-state index contributed by atoms with van der Waals surface area (Å²) >= 11 is 0. The number of hydrogen-bond donors (Lipinski definition) is 1. The molecule has 1 aromatic rings. The van der Waals surface area contributed by atoms with Crippen LogP contribution in [0.1, 0.15) is 20.3 Å². The van der Waals surface area contributed by atoms with E-state index in [-0.39, 0.29) is 30.3 Å². The van der Waals surface area contributed by atoms with E-state index in [2.05, 4.69) is 5.32 Å². The lowest BCUT2D eigenvalue weighted by atomic mass is 10.2. The molecule has 1 unspecified atom stereocenters. The van der Waals surface area contributed by atoms with E-state index in [4.69, 9.17) is 4.74 Å². The average Bonchev–Trinajstić information content (AvgIpc) is 2.61. The quantitative estimate of drug-likeness (QED) is 0.804. The summed E-state index contributed by atoms with van der Waals surface area (Å²) in [7, 11) is 0. The summed E-state index contributed by atoms with van der Waals surface area (Å²) in [6, 6.07) is 5.76. The van der Waals surface area contributed by atoms with Gasteiger partial charge in [-0.3, -0.25) is 14.5 Å². The second kappa shape index (κ2) is 9.36. The zero-order valence-electron chi connectivity index (χ0n) is 14.8. The van der Waals surface area contributed by atoms with Gasteiger partial charge in [-0.1, -0.05) is 6.92 Å². The maximum atomic E-state index is 12.8. The van der Waals surface area contributed by atoms with Gasteiger partial charge in [-0.25, -0.2) is 4.39 Å². The van der Waals surface area contributed by atoms with Crippen molar-refractivity contribution in [2.45, 2.75) is 26.3 Å². The van der Waals surface area contributed by atoms with Crippen LogP contribution in [-0.2, 0) is 9.59 Å². The molecule has 138 valence electrons. The molecule has 1 N–H and O–H groups in total. The molecule has 1 fully saturated rings. The summed E-state index contributed by atoms with van der Waals surface area (Å²) in [6.45, 7) is 6.77. The van der Waals surface area contributed by atoms with Crippen LogP contribution in [0.3, 0.4) is 0 Å². The van der Waals surface area contributed by atoms with Gasteiger partial charge in [0.15, 0.2) is 6.61 Å². The highest BCUT2D eigenvalue weighted by molar-refractivity contribution is 5.79. The SMILES string of the molecule is CCC(C)NC(=O)CN1CCN(C(=O)COc2ccc(F)cc2)CC1. The minimum Gasteiger partial charge on any atom is -0.484 e. The molecule has 0 radical (unpaired) electrons. The van der Waals surface area contributed by atoms with Gasteiger partial charge < -0.3 is 15.0 Å². The van der Waals surface area contributed by atoms with Crippen LogP contribution >= 0.6 is 0 Å². The van der Waals surface area contributed by atoms with Gasteiger partial charge >= 0.3 is 0 Å². The Labute approximate surface area is 147 Å². The zero-order chi connectivity index (χ0) is 18.2. The third-order valence-corrected chi connectivity index (χ3v) is 4.29. The molecule has 7 heteroatoms. The van der Waals surface area contributed by atoms with E-state index in [1.54, 1.807) is 4.90 Å². The fourth-order valence-corrected chi connectivity index (χ4v) is 2.55. The van der Waals surface area contributed by atoms with E-state index >= 15 is 0 Å². The van der Waals surface area contributed by atoms with Crippen LogP contribution in [0.2, 0.25) is 0 Å². The number of amides is 2. The van der Waals surface area contributed by atoms with Gasteiger partial charge in [0, 0.05) is 32.2 Å². The fraction of sp³-hybridized carbons (Fsp3) is 0.556. The summed E-state index contributed by atoms with van der Waals surface area (Å²) in [5, 5.41) is 2.95. The first-order valence-electron chi connectivity index (χ1n) is 8.65. The van der Waals surface area contributed by atoms with Crippen LogP contribution in [0.4, 0.5) is 4.39 Å². The molecule has 6 nitrogen and oxygen atoms in total. The number of hydrogen-bond acceptors (Lipinski definition) is 4. The summed E-state index contributed by atoms with van der Waals surface area (Å²) < 4.78 is 18.2. The van der Waals surface area contributed by atoms with Gasteiger partial charge in [0.05, 0.1) is 6.54 Å². The molecule has 1 saturated heterocycles. The molecule has 0 aromatic heterocycles. The van der Waals surface area contributed by atoms with Crippen LogP contribution in [0.25, 0.3) is 0 Å². The van der Waals surface area contributed by atoms with Gasteiger partial charge in [-0.05, 0) is 37.6 Å². The Morgan fingerprint density at radius 2 is 1.84 bits per heavy atom. The van der Waals surface area contributed by atoms with Crippen molar-refractivity contribution in [3.8, 4) is 5.75 Å². The Kier molecular flexibility index (Phi) is 7.18. The number of nitrogens with zero attached hydrogens (tertiary/aromatic N) is 2. The Balaban J connectivity index is 1.69. The van der Waals surface area contributed by atoms with Crippen LogP contribution in [0.5, 0.6) is 5.75 Å². The monoisotopic (exact) mass is 351 g/mol. The third kappa shape index (κ3) is 6.34. The Hall–Kier alpha value is -2.15. The second-order valence-corrected chi connectivity index (χ2v) is 6.28. The van der Waals surface area contributed by atoms with Crippen LogP contribution in [-0.4, -0.2) is 67.0 Å². The lowest BCUT2D eigenvalue weighted by Crippen LogP contribution is -2.52. The summed E-state index contributed by atoms with van der Waals surface area (Å²) in [6.07, 6.45) is 0.905. The van der Waals surface area contributed by atoms with E-state index in [1.807, 2.05) is 18.7 Å². The van der Waals surface area contributed by atoms with Crippen molar-refractivity contribution in [2.24, 2.45) is 0 Å². The van der Waals surface area contributed by atoms with E-state index < -0.39 is 0 Å². The van der Waals surface area contributed by atoms with Crippen molar-refractivity contribution in [1.82, 2.24) is 15.1 Å². The Bertz CT molecular complexity index is 571. The highest BCUT2D eigenvalue weighted by atomic mass is 19.1. The first-order valence-corrected chi connectivity index (χ1v) is 8.65. The third-order valence-electron chi connectivity index (χ3n) is 4.29. The predicted molar refractivity (Wildman–Crippen MR) is 92.8 cm³/mol. The van der Waals surface area contributed by atoms with E-state index in [0.717, 1.165) is 6.42 Å². The molecule has 2 amide bonds. The predicted octanol–water partition coefficient (Wildman–Crippen LogP) is 1.26. The van der Waals surface area contributed by atoms with Crippen molar-refractivity contribution in [3.05, 3.63) is 30.1 Å². The van der Waals surface area contributed by atoms with E-state index in [9.17, 15) is 14.0 Å². The lowest BCUT2D eigenvalue weighted by Gasteiger charge is -2.34. The fourth-order valence-electron chi connectivity index (χ4n) is 2.55. The van der Waals surface area contributed by atoms with Crippen molar-refractivity contribution >= 4 is 11.8 Å². The number of nitrogens with one attached hydrogen (secondary N) is 1. The van der Waals surface area contributed by atoms with Crippen LogP contribution < -0.4 is 10.1 Å². The van der Waals surface area contributed by atoms with E-state index in [1.165, 1.54) is 24.3 Å². The van der Waals surface area contributed by atoms with Crippen LogP contribution in [0.15, 0.2) is 24.3 Å². The van der Waals surface area contributed by atoms with E-state index in [0.29, 0.717) is 38.5 Å². The number of benzene rings is 1. The highest BCUT2D eigenvalue weighted by Crippen LogP contribution is 2.11. The molecular formula is C18H26FN3O3. The molecule has 1 aliphatic rings. The number of carbonyl (C=O) groups excluding carboxylic acids is 2. The minimum atomic E-state index is -0.341. The van der Waals surface area contributed by atoms with Crippen molar-refractivity contribution in [3.63, 3.8) is 0 Å². The molecule has 0 aliphatic carbocycles. The zero-order valence-corrected chi connectivity index (χ0v) is 14.8. The van der Waals surface area contributed by atoms with Gasteiger partial charge in [0.1, 0.15) is 11.6 Å². The maximum absolute atomic E-state index is 12.8. The maximum Gasteiger partial charge on any atom is 0.260 e. The normalized spacial score (nSPS) is 16.4. The first kappa shape index (κ1) is 19.2. The molecule has 1 heterocycles. The molecular weight excluding hydrogens is 325 g/mol. The van der Waals surface area contributed by atoms with Gasteiger partial charge in [0.25, 0.3) is 5.91 Å². The average molecular weight is 351 g/mol. The first-order chi connectivity index (χ1) is 12.0. The van der Waals surface area contributed by atoms with Gasteiger partial charge in [-0.15, -0.1) is 0 Å². The summed E-state index contributed by atoms with van der Waals surface area (Å²) in [4.78, 5) is 27.9. The topological polar surface area (TPSA) is 61.9 Å². The molecule has 0 spiro atoms.